The van der Waals surface area contributed by atoms with Crippen LogP contribution in [0.5, 0.6) is 0 Å². The molecule has 0 heterocycles. The van der Waals surface area contributed by atoms with E-state index >= 15 is 0 Å². The lowest BCUT2D eigenvalue weighted by Gasteiger charge is -2.18. The molecular weight excluding hydrogens is 254 g/mol. The average Bonchev–Trinajstić information content (AvgIpc) is 2.33. The van der Waals surface area contributed by atoms with Crippen molar-refractivity contribution in [2.24, 2.45) is 5.73 Å². The Bertz CT molecular complexity index is 263. The van der Waals surface area contributed by atoms with Crippen molar-refractivity contribution < 1.29 is 24.2 Å². The van der Waals surface area contributed by atoms with Crippen LogP contribution in [0.15, 0.2) is 0 Å². The molecule has 112 valence electrons. The molecule has 0 aromatic rings. The Labute approximate surface area is 112 Å². The lowest BCUT2D eigenvalue weighted by atomic mass is 10.4. The summed E-state index contributed by atoms with van der Waals surface area (Å²) in [5.74, 6) is -1.23. The number of hydrogen-bond acceptors (Lipinski definition) is 6. The second kappa shape index (κ2) is 11.8. The average molecular weight is 277 g/mol. The monoisotopic (exact) mass is 277 g/mol. The van der Waals surface area contributed by atoms with Crippen LogP contribution in [0.2, 0.25) is 0 Å². The minimum Gasteiger partial charge on any atom is -0.480 e. The number of nitrogens with two attached hydrogens (primary N) is 1. The van der Waals surface area contributed by atoms with Gasteiger partial charge in [-0.1, -0.05) is 0 Å². The molecule has 0 aromatic heterocycles. The van der Waals surface area contributed by atoms with E-state index in [0.29, 0.717) is 39.5 Å². The van der Waals surface area contributed by atoms with Crippen molar-refractivity contribution in [3.63, 3.8) is 0 Å². The van der Waals surface area contributed by atoms with Gasteiger partial charge in [0, 0.05) is 26.7 Å². The fourth-order valence-electron chi connectivity index (χ4n) is 1.35. The number of ether oxygens (including phenoxy) is 2. The van der Waals surface area contributed by atoms with Gasteiger partial charge in [-0.15, -0.1) is 0 Å². The number of hydrogen-bond donors (Lipinski definition) is 3. The normalized spacial score (nSPS) is 10.7. The first-order valence-corrected chi connectivity index (χ1v) is 6.07. The molecular formula is C11H23N3O5. The SMILES string of the molecule is COCCOCCNC(=O)CN(CCN)CC(=O)O. The van der Waals surface area contributed by atoms with Crippen molar-refractivity contribution in [1.82, 2.24) is 10.2 Å². The molecule has 0 saturated heterocycles. The van der Waals surface area contributed by atoms with Gasteiger partial charge in [0.05, 0.1) is 32.9 Å². The van der Waals surface area contributed by atoms with E-state index < -0.39 is 5.97 Å². The van der Waals surface area contributed by atoms with Crippen LogP contribution in [-0.4, -0.2) is 81.5 Å². The molecule has 0 fully saturated rings. The highest BCUT2D eigenvalue weighted by Crippen LogP contribution is 1.87. The zero-order chi connectivity index (χ0) is 14.5. The molecule has 0 radical (unpaired) electrons. The fraction of sp³-hybridized carbons (Fsp3) is 0.818. The quantitative estimate of drug-likeness (QED) is 0.357. The summed E-state index contributed by atoms with van der Waals surface area (Å²) in [6, 6.07) is 0. The van der Waals surface area contributed by atoms with Crippen LogP contribution in [0.4, 0.5) is 0 Å². The van der Waals surface area contributed by atoms with Crippen molar-refractivity contribution in [2.45, 2.75) is 0 Å². The van der Waals surface area contributed by atoms with Gasteiger partial charge in [0.1, 0.15) is 0 Å². The molecule has 0 aliphatic carbocycles. The number of aliphatic carboxylic acids is 1. The van der Waals surface area contributed by atoms with Gasteiger partial charge in [-0.2, -0.15) is 0 Å². The van der Waals surface area contributed by atoms with E-state index in [-0.39, 0.29) is 19.0 Å². The van der Waals surface area contributed by atoms with E-state index in [4.69, 9.17) is 20.3 Å². The summed E-state index contributed by atoms with van der Waals surface area (Å²) >= 11 is 0. The van der Waals surface area contributed by atoms with E-state index in [2.05, 4.69) is 5.32 Å². The molecule has 19 heavy (non-hydrogen) atoms. The molecule has 0 rings (SSSR count). The number of nitrogens with one attached hydrogen (secondary N) is 1. The topological polar surface area (TPSA) is 114 Å². The number of rotatable bonds is 12. The summed E-state index contributed by atoms with van der Waals surface area (Å²) in [6.07, 6.45) is 0. The molecule has 4 N–H and O–H groups in total. The summed E-state index contributed by atoms with van der Waals surface area (Å²) in [7, 11) is 1.58. The Hall–Kier alpha value is -1.22. The predicted octanol–water partition coefficient (Wildman–Crippen LogP) is -1.89. The Morgan fingerprint density at radius 1 is 1.26 bits per heavy atom. The molecule has 8 nitrogen and oxygen atoms in total. The van der Waals surface area contributed by atoms with Crippen LogP contribution in [0, 0.1) is 0 Å². The first-order valence-electron chi connectivity index (χ1n) is 6.07. The largest absolute Gasteiger partial charge is 0.480 e. The van der Waals surface area contributed by atoms with Crippen molar-refractivity contribution in [3.8, 4) is 0 Å². The molecule has 0 aliphatic rings. The number of methoxy groups -OCH3 is 1. The van der Waals surface area contributed by atoms with E-state index in [1.54, 1.807) is 7.11 Å². The van der Waals surface area contributed by atoms with Gasteiger partial charge in [0.25, 0.3) is 0 Å². The number of carbonyl (C=O) groups excluding carboxylic acids is 1. The first-order chi connectivity index (χ1) is 9.10. The van der Waals surface area contributed by atoms with E-state index in [1.165, 1.54) is 4.90 Å². The van der Waals surface area contributed by atoms with Gasteiger partial charge in [-0.05, 0) is 0 Å². The van der Waals surface area contributed by atoms with Gasteiger partial charge in [-0.25, -0.2) is 0 Å². The smallest absolute Gasteiger partial charge is 0.317 e. The second-order valence-electron chi connectivity index (χ2n) is 3.85. The number of carboxylic acid groups (broad SMARTS) is 1. The zero-order valence-electron chi connectivity index (χ0n) is 11.3. The molecule has 1 amide bonds. The van der Waals surface area contributed by atoms with Crippen LogP contribution < -0.4 is 11.1 Å². The van der Waals surface area contributed by atoms with Gasteiger partial charge in [0.15, 0.2) is 0 Å². The Balaban J connectivity index is 3.71. The zero-order valence-corrected chi connectivity index (χ0v) is 11.3. The molecule has 8 heteroatoms. The molecule has 0 unspecified atom stereocenters. The third-order valence-electron chi connectivity index (χ3n) is 2.17. The van der Waals surface area contributed by atoms with Crippen LogP contribution in [0.3, 0.4) is 0 Å². The molecule has 0 bridgehead atoms. The highest BCUT2D eigenvalue weighted by atomic mass is 16.5. The van der Waals surface area contributed by atoms with Gasteiger partial charge < -0.3 is 25.6 Å². The van der Waals surface area contributed by atoms with Crippen molar-refractivity contribution in [2.75, 3.05) is 59.7 Å². The number of nitrogens with zero attached hydrogens (tertiary/aromatic N) is 1. The number of amides is 1. The summed E-state index contributed by atoms with van der Waals surface area (Å²) < 4.78 is 9.97. The Morgan fingerprint density at radius 3 is 2.58 bits per heavy atom. The van der Waals surface area contributed by atoms with Gasteiger partial charge >= 0.3 is 5.97 Å². The number of carboxylic acids is 1. The summed E-state index contributed by atoms with van der Waals surface area (Å²) in [5.41, 5.74) is 5.35. The van der Waals surface area contributed by atoms with Crippen LogP contribution in [-0.2, 0) is 19.1 Å². The minimum absolute atomic E-state index is 0.0154. The Kier molecular flexibility index (Phi) is 11.1. The molecule has 0 atom stereocenters. The lowest BCUT2D eigenvalue weighted by molar-refractivity contribution is -0.138. The predicted molar refractivity (Wildman–Crippen MR) is 68.8 cm³/mol. The highest BCUT2D eigenvalue weighted by Gasteiger charge is 2.12. The molecule has 0 spiro atoms. The lowest BCUT2D eigenvalue weighted by Crippen LogP contribution is -2.42. The maximum Gasteiger partial charge on any atom is 0.317 e. The maximum absolute atomic E-state index is 11.5. The molecule has 0 aliphatic heterocycles. The highest BCUT2D eigenvalue weighted by molar-refractivity contribution is 5.79. The van der Waals surface area contributed by atoms with Crippen LogP contribution in [0.25, 0.3) is 0 Å². The fourth-order valence-corrected chi connectivity index (χ4v) is 1.35. The summed E-state index contributed by atoms with van der Waals surface area (Å²) in [4.78, 5) is 23.6. The Morgan fingerprint density at radius 2 is 2.00 bits per heavy atom. The first kappa shape index (κ1) is 17.8. The minimum atomic E-state index is -0.982. The summed E-state index contributed by atoms with van der Waals surface area (Å²) in [6.45, 7) is 2.25. The summed E-state index contributed by atoms with van der Waals surface area (Å²) in [5, 5.41) is 11.3. The van der Waals surface area contributed by atoms with Crippen LogP contribution in [0.1, 0.15) is 0 Å². The number of carbonyl (C=O) groups is 2. The van der Waals surface area contributed by atoms with Gasteiger partial charge in [-0.3, -0.25) is 14.5 Å². The third kappa shape index (κ3) is 11.6. The second-order valence-corrected chi connectivity index (χ2v) is 3.85. The van der Waals surface area contributed by atoms with Gasteiger partial charge in [0.2, 0.25) is 5.91 Å². The third-order valence-corrected chi connectivity index (χ3v) is 2.17. The van der Waals surface area contributed by atoms with Crippen molar-refractivity contribution >= 4 is 11.9 Å². The van der Waals surface area contributed by atoms with E-state index in [0.717, 1.165) is 0 Å². The van der Waals surface area contributed by atoms with E-state index in [9.17, 15) is 9.59 Å². The van der Waals surface area contributed by atoms with Crippen molar-refractivity contribution in [3.05, 3.63) is 0 Å². The molecule has 0 aromatic carbocycles. The maximum atomic E-state index is 11.5. The standard InChI is InChI=1S/C11H23N3O5/c1-18-6-7-19-5-3-13-10(15)8-14(4-2-12)9-11(16)17/h2-9,12H2,1H3,(H,13,15)(H,16,17). The van der Waals surface area contributed by atoms with Crippen molar-refractivity contribution in [1.29, 1.82) is 0 Å². The molecule has 0 saturated carbocycles. The van der Waals surface area contributed by atoms with Crippen LogP contribution >= 0.6 is 0 Å². The van der Waals surface area contributed by atoms with E-state index in [1.807, 2.05) is 0 Å².